The Labute approximate surface area is 194 Å². The molecule has 7 heteroatoms. The molecule has 1 amide bonds. The molecule has 3 aromatic heterocycles. The second kappa shape index (κ2) is 9.40. The Morgan fingerprint density at radius 1 is 1.00 bits per heavy atom. The Bertz CT molecular complexity index is 1230. The van der Waals surface area contributed by atoms with Crippen molar-refractivity contribution in [2.45, 2.75) is 26.4 Å². The summed E-state index contributed by atoms with van der Waals surface area (Å²) in [4.78, 5) is 23.8. The summed E-state index contributed by atoms with van der Waals surface area (Å²) in [6.07, 6.45) is 4.32. The first kappa shape index (κ1) is 22.5. The zero-order valence-electron chi connectivity index (χ0n) is 19.9. The monoisotopic (exact) mass is 445 g/mol. The van der Waals surface area contributed by atoms with Crippen LogP contribution in [0, 0.1) is 0 Å². The molecule has 7 nitrogen and oxygen atoms in total. The van der Waals surface area contributed by atoms with Crippen molar-refractivity contribution < 1.29 is 9.21 Å². The molecule has 1 aromatic carbocycles. The van der Waals surface area contributed by atoms with Crippen molar-refractivity contribution in [3.05, 3.63) is 83.6 Å². The number of pyridine rings is 1. The van der Waals surface area contributed by atoms with Gasteiger partial charge in [-0.3, -0.25) is 9.20 Å². The van der Waals surface area contributed by atoms with E-state index in [2.05, 4.69) is 48.0 Å². The van der Waals surface area contributed by atoms with E-state index in [0.29, 0.717) is 12.1 Å². The topological polar surface area (TPSA) is 57.2 Å². The molecule has 0 unspecified atom stereocenters. The van der Waals surface area contributed by atoms with Gasteiger partial charge in [0, 0.05) is 46.6 Å². The van der Waals surface area contributed by atoms with Gasteiger partial charge < -0.3 is 19.1 Å². The largest absolute Gasteiger partial charge is 0.467 e. The maximum absolute atomic E-state index is 13.1. The van der Waals surface area contributed by atoms with E-state index in [0.717, 1.165) is 35.9 Å². The van der Waals surface area contributed by atoms with Crippen LogP contribution in [0.25, 0.3) is 5.65 Å². The van der Waals surface area contributed by atoms with E-state index in [-0.39, 0.29) is 5.91 Å². The standard InChI is InChI=1S/C26H31N5O2/c1-6-23-25(29(4)16-19-9-12-21(13-10-19)28(2)3)31-17-20(11-14-24(31)27-23)26(32)30(5)18-22-8-7-15-33-22/h7-15,17H,6,16,18H2,1-5H3. The van der Waals surface area contributed by atoms with Gasteiger partial charge in [0.05, 0.1) is 24.1 Å². The van der Waals surface area contributed by atoms with E-state index < -0.39 is 0 Å². The average Bonchev–Trinajstić information content (AvgIpc) is 3.45. The lowest BCUT2D eigenvalue weighted by Crippen LogP contribution is -2.26. The van der Waals surface area contributed by atoms with Crippen LogP contribution in [0.2, 0.25) is 0 Å². The number of amides is 1. The summed E-state index contributed by atoms with van der Waals surface area (Å²) < 4.78 is 7.42. The smallest absolute Gasteiger partial charge is 0.255 e. The Morgan fingerprint density at radius 2 is 1.76 bits per heavy atom. The molecule has 0 bridgehead atoms. The zero-order valence-corrected chi connectivity index (χ0v) is 19.9. The molecule has 0 aliphatic carbocycles. The third-order valence-electron chi connectivity index (χ3n) is 5.80. The summed E-state index contributed by atoms with van der Waals surface area (Å²) in [6, 6.07) is 16.0. The molecule has 4 rings (SSSR count). The molecule has 33 heavy (non-hydrogen) atoms. The van der Waals surface area contributed by atoms with Crippen molar-refractivity contribution in [2.24, 2.45) is 0 Å². The highest BCUT2D eigenvalue weighted by Crippen LogP contribution is 2.25. The highest BCUT2D eigenvalue weighted by Gasteiger charge is 2.19. The van der Waals surface area contributed by atoms with E-state index in [1.165, 1.54) is 11.3 Å². The summed E-state index contributed by atoms with van der Waals surface area (Å²) in [6.45, 7) is 3.27. The Morgan fingerprint density at radius 3 is 2.39 bits per heavy atom. The van der Waals surface area contributed by atoms with Crippen molar-refractivity contribution >= 4 is 23.1 Å². The molecular weight excluding hydrogens is 414 g/mol. The van der Waals surface area contributed by atoms with Crippen molar-refractivity contribution in [1.82, 2.24) is 14.3 Å². The summed E-state index contributed by atoms with van der Waals surface area (Å²) in [7, 11) is 7.93. The molecule has 0 atom stereocenters. The Kier molecular flexibility index (Phi) is 6.40. The molecule has 3 heterocycles. The quantitative estimate of drug-likeness (QED) is 0.401. The molecule has 0 aliphatic rings. The van der Waals surface area contributed by atoms with Crippen LogP contribution < -0.4 is 9.80 Å². The number of hydrogen-bond donors (Lipinski definition) is 0. The van der Waals surface area contributed by atoms with Crippen LogP contribution in [0.4, 0.5) is 11.5 Å². The lowest BCUT2D eigenvalue weighted by Gasteiger charge is -2.21. The van der Waals surface area contributed by atoms with Crippen LogP contribution >= 0.6 is 0 Å². The van der Waals surface area contributed by atoms with Gasteiger partial charge in [-0.1, -0.05) is 19.1 Å². The highest BCUT2D eigenvalue weighted by atomic mass is 16.3. The van der Waals surface area contributed by atoms with Crippen LogP contribution in [0.15, 0.2) is 65.4 Å². The normalized spacial score (nSPS) is 11.1. The van der Waals surface area contributed by atoms with Crippen molar-refractivity contribution in [2.75, 3.05) is 38.0 Å². The first-order valence-electron chi connectivity index (χ1n) is 11.1. The fourth-order valence-electron chi connectivity index (χ4n) is 4.03. The number of carbonyl (C=O) groups is 1. The second-order valence-electron chi connectivity index (χ2n) is 8.54. The lowest BCUT2D eigenvalue weighted by atomic mass is 10.2. The summed E-state index contributed by atoms with van der Waals surface area (Å²) in [5.74, 6) is 1.70. The van der Waals surface area contributed by atoms with E-state index in [9.17, 15) is 4.79 Å². The molecular formula is C26H31N5O2. The third kappa shape index (κ3) is 4.72. The SMILES string of the molecule is CCc1nc2ccc(C(=O)N(C)Cc3ccco3)cn2c1N(C)Cc1ccc(N(C)C)cc1. The van der Waals surface area contributed by atoms with Gasteiger partial charge in [0.2, 0.25) is 0 Å². The number of imidazole rings is 1. The fourth-order valence-corrected chi connectivity index (χ4v) is 4.03. The zero-order chi connectivity index (χ0) is 23.5. The fraction of sp³-hybridized carbons (Fsp3) is 0.308. The van der Waals surface area contributed by atoms with Gasteiger partial charge in [-0.15, -0.1) is 0 Å². The number of rotatable bonds is 8. The minimum Gasteiger partial charge on any atom is -0.467 e. The molecule has 0 fully saturated rings. The molecule has 0 saturated heterocycles. The van der Waals surface area contributed by atoms with Gasteiger partial charge in [0.15, 0.2) is 0 Å². The van der Waals surface area contributed by atoms with Gasteiger partial charge in [-0.05, 0) is 48.4 Å². The van der Waals surface area contributed by atoms with E-state index in [1.54, 1.807) is 18.2 Å². The second-order valence-corrected chi connectivity index (χ2v) is 8.54. The minimum atomic E-state index is -0.0621. The van der Waals surface area contributed by atoms with Crippen LogP contribution in [0.3, 0.4) is 0 Å². The van der Waals surface area contributed by atoms with Crippen LogP contribution in [0.5, 0.6) is 0 Å². The number of aryl methyl sites for hydroxylation is 1. The third-order valence-corrected chi connectivity index (χ3v) is 5.80. The predicted octanol–water partition coefficient (Wildman–Crippen LogP) is 4.46. The highest BCUT2D eigenvalue weighted by molar-refractivity contribution is 5.94. The molecule has 0 radical (unpaired) electrons. The number of anilines is 2. The predicted molar refractivity (Wildman–Crippen MR) is 132 cm³/mol. The van der Waals surface area contributed by atoms with Crippen molar-refractivity contribution in [3.63, 3.8) is 0 Å². The average molecular weight is 446 g/mol. The maximum atomic E-state index is 13.1. The lowest BCUT2D eigenvalue weighted by molar-refractivity contribution is 0.0775. The number of benzene rings is 1. The van der Waals surface area contributed by atoms with E-state index in [4.69, 9.17) is 9.40 Å². The minimum absolute atomic E-state index is 0.0621. The molecule has 4 aromatic rings. The van der Waals surface area contributed by atoms with Crippen LogP contribution in [0.1, 0.15) is 34.3 Å². The van der Waals surface area contributed by atoms with Gasteiger partial charge in [-0.2, -0.15) is 0 Å². The molecule has 0 spiro atoms. The number of fused-ring (bicyclic) bond motifs is 1. The first-order valence-corrected chi connectivity index (χ1v) is 11.1. The number of aromatic nitrogens is 2. The summed E-state index contributed by atoms with van der Waals surface area (Å²) in [5.41, 5.74) is 4.84. The molecule has 172 valence electrons. The first-order chi connectivity index (χ1) is 15.9. The van der Waals surface area contributed by atoms with Crippen LogP contribution in [-0.2, 0) is 19.5 Å². The summed E-state index contributed by atoms with van der Waals surface area (Å²) >= 11 is 0. The van der Waals surface area contributed by atoms with Gasteiger partial charge in [0.1, 0.15) is 17.2 Å². The number of furan rings is 1. The van der Waals surface area contributed by atoms with E-state index in [1.807, 2.05) is 49.0 Å². The van der Waals surface area contributed by atoms with Crippen molar-refractivity contribution in [1.29, 1.82) is 0 Å². The maximum Gasteiger partial charge on any atom is 0.255 e. The Hall–Kier alpha value is -3.74. The van der Waals surface area contributed by atoms with Crippen LogP contribution in [-0.4, -0.2) is 48.4 Å². The van der Waals surface area contributed by atoms with Gasteiger partial charge in [-0.25, -0.2) is 4.98 Å². The van der Waals surface area contributed by atoms with Gasteiger partial charge >= 0.3 is 0 Å². The number of nitrogens with zero attached hydrogens (tertiary/aromatic N) is 5. The van der Waals surface area contributed by atoms with Crippen molar-refractivity contribution in [3.8, 4) is 0 Å². The molecule has 0 saturated carbocycles. The van der Waals surface area contributed by atoms with Gasteiger partial charge in [0.25, 0.3) is 5.91 Å². The Balaban J connectivity index is 1.62. The number of carbonyl (C=O) groups excluding carboxylic acids is 1. The molecule has 0 aliphatic heterocycles. The number of hydrogen-bond acceptors (Lipinski definition) is 5. The summed E-state index contributed by atoms with van der Waals surface area (Å²) in [5, 5.41) is 0. The molecule has 0 N–H and O–H groups in total. The van der Waals surface area contributed by atoms with E-state index >= 15 is 0 Å².